The van der Waals surface area contributed by atoms with Gasteiger partial charge in [-0.2, -0.15) is 0 Å². The lowest BCUT2D eigenvalue weighted by Crippen LogP contribution is -2.18. The first-order valence-corrected chi connectivity index (χ1v) is 7.48. The molecule has 0 heterocycles. The summed E-state index contributed by atoms with van der Waals surface area (Å²) >= 11 is 0. The number of benzene rings is 2. The largest absolute Gasteiger partial charge is 0.397 e. The summed E-state index contributed by atoms with van der Waals surface area (Å²) in [6, 6.07) is 5.65. The predicted octanol–water partition coefficient (Wildman–Crippen LogP) is 4.37. The van der Waals surface area contributed by atoms with E-state index in [0.717, 1.165) is 22.3 Å². The van der Waals surface area contributed by atoms with E-state index in [1.54, 1.807) is 0 Å². The molecular weight excluding hydrogens is 272 g/mol. The fourth-order valence-corrected chi connectivity index (χ4v) is 2.82. The molecule has 3 heteroatoms. The third-order valence-electron chi connectivity index (χ3n) is 4.68. The number of carbonyl (C=O) groups is 1. The van der Waals surface area contributed by atoms with Crippen LogP contribution in [-0.2, 0) is 0 Å². The number of nitrogen functional groups attached to an aromatic ring is 1. The van der Waals surface area contributed by atoms with Gasteiger partial charge in [0.05, 0.1) is 11.4 Å². The molecule has 116 valence electrons. The molecule has 0 aliphatic carbocycles. The number of hydrogen-bond donors (Lipinski definition) is 2. The van der Waals surface area contributed by atoms with E-state index in [1.807, 2.05) is 39.0 Å². The minimum atomic E-state index is -0.100. The Bertz CT molecular complexity index is 732. The standard InChI is InChI=1S/C19H24N2O/c1-10-7-8-17(16(20)9-10)21-19(22)18-14(5)12(3)11(2)13(4)15(18)6/h7-9H,20H2,1-6H3,(H,21,22). The van der Waals surface area contributed by atoms with Gasteiger partial charge in [0.2, 0.25) is 0 Å². The Kier molecular flexibility index (Phi) is 4.27. The van der Waals surface area contributed by atoms with Crippen LogP contribution in [0.25, 0.3) is 0 Å². The second-order valence-electron chi connectivity index (χ2n) is 6.04. The van der Waals surface area contributed by atoms with Gasteiger partial charge in [-0.3, -0.25) is 4.79 Å². The summed E-state index contributed by atoms with van der Waals surface area (Å²) in [7, 11) is 0. The van der Waals surface area contributed by atoms with Gasteiger partial charge in [0, 0.05) is 5.56 Å². The zero-order chi connectivity index (χ0) is 16.6. The van der Waals surface area contributed by atoms with Crippen molar-refractivity contribution < 1.29 is 4.79 Å². The van der Waals surface area contributed by atoms with Crippen molar-refractivity contribution in [2.24, 2.45) is 0 Å². The molecule has 22 heavy (non-hydrogen) atoms. The Morgan fingerprint density at radius 3 is 1.86 bits per heavy atom. The molecule has 2 aromatic carbocycles. The van der Waals surface area contributed by atoms with Gasteiger partial charge in [-0.25, -0.2) is 0 Å². The van der Waals surface area contributed by atoms with Crippen LogP contribution in [0.4, 0.5) is 11.4 Å². The number of anilines is 2. The molecule has 0 fully saturated rings. The number of hydrogen-bond acceptors (Lipinski definition) is 2. The summed E-state index contributed by atoms with van der Waals surface area (Å²) in [5.41, 5.74) is 14.7. The van der Waals surface area contributed by atoms with Crippen molar-refractivity contribution in [2.75, 3.05) is 11.1 Å². The lowest BCUT2D eigenvalue weighted by molar-refractivity contribution is 0.102. The maximum atomic E-state index is 12.7. The highest BCUT2D eigenvalue weighted by atomic mass is 16.1. The molecule has 0 spiro atoms. The number of amides is 1. The van der Waals surface area contributed by atoms with E-state index in [1.165, 1.54) is 16.7 Å². The Morgan fingerprint density at radius 1 is 0.864 bits per heavy atom. The lowest BCUT2D eigenvalue weighted by Gasteiger charge is -2.18. The smallest absolute Gasteiger partial charge is 0.256 e. The van der Waals surface area contributed by atoms with Crippen LogP contribution in [0.5, 0.6) is 0 Å². The number of nitrogens with one attached hydrogen (secondary N) is 1. The SMILES string of the molecule is Cc1ccc(NC(=O)c2c(C)c(C)c(C)c(C)c2C)c(N)c1. The zero-order valence-corrected chi connectivity index (χ0v) is 14.2. The number of carbonyl (C=O) groups excluding carboxylic acids is 1. The molecule has 0 unspecified atom stereocenters. The molecule has 0 aromatic heterocycles. The van der Waals surface area contributed by atoms with Crippen molar-refractivity contribution in [3.63, 3.8) is 0 Å². The van der Waals surface area contributed by atoms with Gasteiger partial charge in [-0.05, 0) is 87.1 Å². The Morgan fingerprint density at radius 2 is 1.36 bits per heavy atom. The van der Waals surface area contributed by atoms with Crippen LogP contribution in [0.1, 0.15) is 43.7 Å². The van der Waals surface area contributed by atoms with Gasteiger partial charge >= 0.3 is 0 Å². The van der Waals surface area contributed by atoms with E-state index in [0.29, 0.717) is 11.4 Å². The molecule has 3 nitrogen and oxygen atoms in total. The topological polar surface area (TPSA) is 55.1 Å². The van der Waals surface area contributed by atoms with Crippen LogP contribution in [0.2, 0.25) is 0 Å². The van der Waals surface area contributed by atoms with Crippen LogP contribution >= 0.6 is 0 Å². The summed E-state index contributed by atoms with van der Waals surface area (Å²) in [4.78, 5) is 12.7. The van der Waals surface area contributed by atoms with Crippen molar-refractivity contribution in [1.82, 2.24) is 0 Å². The summed E-state index contributed by atoms with van der Waals surface area (Å²) in [6.07, 6.45) is 0. The van der Waals surface area contributed by atoms with Crippen molar-refractivity contribution in [3.05, 3.63) is 57.1 Å². The van der Waals surface area contributed by atoms with Crippen LogP contribution in [0, 0.1) is 41.5 Å². The van der Waals surface area contributed by atoms with Crippen LogP contribution in [0.3, 0.4) is 0 Å². The predicted molar refractivity (Wildman–Crippen MR) is 93.7 cm³/mol. The minimum absolute atomic E-state index is 0.100. The van der Waals surface area contributed by atoms with Crippen molar-refractivity contribution in [1.29, 1.82) is 0 Å². The molecule has 0 aliphatic heterocycles. The van der Waals surface area contributed by atoms with E-state index < -0.39 is 0 Å². The molecule has 0 atom stereocenters. The van der Waals surface area contributed by atoms with Crippen LogP contribution < -0.4 is 11.1 Å². The van der Waals surface area contributed by atoms with Gasteiger partial charge < -0.3 is 11.1 Å². The molecule has 2 aromatic rings. The van der Waals surface area contributed by atoms with Crippen molar-refractivity contribution >= 4 is 17.3 Å². The lowest BCUT2D eigenvalue weighted by atomic mass is 9.89. The molecule has 1 amide bonds. The molecule has 0 saturated heterocycles. The highest BCUT2D eigenvalue weighted by Crippen LogP contribution is 2.27. The summed E-state index contributed by atoms with van der Waals surface area (Å²) in [5, 5.41) is 2.95. The third kappa shape index (κ3) is 2.71. The first kappa shape index (κ1) is 16.1. The molecule has 2 rings (SSSR count). The number of aryl methyl sites for hydroxylation is 1. The minimum Gasteiger partial charge on any atom is -0.397 e. The van der Waals surface area contributed by atoms with Gasteiger partial charge in [-0.15, -0.1) is 0 Å². The molecule has 0 radical (unpaired) electrons. The van der Waals surface area contributed by atoms with E-state index in [4.69, 9.17) is 5.73 Å². The van der Waals surface area contributed by atoms with E-state index in [-0.39, 0.29) is 5.91 Å². The maximum Gasteiger partial charge on any atom is 0.256 e. The Hall–Kier alpha value is -2.29. The second-order valence-corrected chi connectivity index (χ2v) is 6.04. The highest BCUT2D eigenvalue weighted by Gasteiger charge is 2.18. The summed E-state index contributed by atoms with van der Waals surface area (Å²) in [5.74, 6) is -0.100. The average Bonchev–Trinajstić information content (AvgIpc) is 2.46. The molecule has 0 bridgehead atoms. The van der Waals surface area contributed by atoms with Crippen molar-refractivity contribution in [3.8, 4) is 0 Å². The van der Waals surface area contributed by atoms with Gasteiger partial charge in [0.1, 0.15) is 0 Å². The normalized spacial score (nSPS) is 10.6. The van der Waals surface area contributed by atoms with Crippen LogP contribution in [-0.4, -0.2) is 5.91 Å². The zero-order valence-electron chi connectivity index (χ0n) is 14.2. The fourth-order valence-electron chi connectivity index (χ4n) is 2.82. The second kappa shape index (κ2) is 5.84. The monoisotopic (exact) mass is 296 g/mol. The maximum absolute atomic E-state index is 12.7. The molecule has 0 saturated carbocycles. The first-order valence-electron chi connectivity index (χ1n) is 7.48. The van der Waals surface area contributed by atoms with E-state index in [2.05, 4.69) is 26.1 Å². The number of rotatable bonds is 2. The summed E-state index contributed by atoms with van der Waals surface area (Å²) < 4.78 is 0. The summed E-state index contributed by atoms with van der Waals surface area (Å²) in [6.45, 7) is 12.2. The van der Waals surface area contributed by atoms with Gasteiger partial charge in [0.25, 0.3) is 5.91 Å². The average molecular weight is 296 g/mol. The fraction of sp³-hybridized carbons (Fsp3) is 0.316. The highest BCUT2D eigenvalue weighted by molar-refractivity contribution is 6.08. The van der Waals surface area contributed by atoms with Crippen LogP contribution in [0.15, 0.2) is 18.2 Å². The Balaban J connectivity index is 2.46. The third-order valence-corrected chi connectivity index (χ3v) is 4.68. The number of nitrogens with two attached hydrogens (primary N) is 1. The van der Waals surface area contributed by atoms with Gasteiger partial charge in [-0.1, -0.05) is 6.07 Å². The molecule has 3 N–H and O–H groups in total. The first-order chi connectivity index (χ1) is 10.2. The van der Waals surface area contributed by atoms with E-state index in [9.17, 15) is 4.79 Å². The van der Waals surface area contributed by atoms with Gasteiger partial charge in [0.15, 0.2) is 0 Å². The quantitative estimate of drug-likeness (QED) is 0.808. The Labute approximate surface area is 132 Å². The van der Waals surface area contributed by atoms with Crippen molar-refractivity contribution in [2.45, 2.75) is 41.5 Å². The molecular formula is C19H24N2O. The van der Waals surface area contributed by atoms with E-state index >= 15 is 0 Å². The molecule has 0 aliphatic rings.